The molecule has 1 rings (SSSR count). The van der Waals surface area contributed by atoms with Gasteiger partial charge in [0, 0.05) is 10.6 Å². The lowest BCUT2D eigenvalue weighted by atomic mass is 10.3. The number of hydrogen-bond donors (Lipinski definition) is 1. The van der Waals surface area contributed by atoms with Gasteiger partial charge in [-0.1, -0.05) is 11.2 Å². The Labute approximate surface area is 62.1 Å². The van der Waals surface area contributed by atoms with Gasteiger partial charge in [0.2, 0.25) is 0 Å². The summed E-state index contributed by atoms with van der Waals surface area (Å²) in [5.41, 5.74) is 13.4. The normalized spacial score (nSPS) is 8.82. The smallest absolute Gasteiger partial charge is 0.146 e. The molecule has 0 saturated carbocycles. The van der Waals surface area contributed by atoms with E-state index in [1.54, 1.807) is 0 Å². The van der Waals surface area contributed by atoms with Crippen LogP contribution in [0.25, 0.3) is 10.4 Å². The maximum atomic E-state index is 12.6. The number of nitrogens with zero attached hydrogens (tertiary/aromatic N) is 3. The molecule has 1 aromatic carbocycles. The molecule has 5 heteroatoms. The van der Waals surface area contributed by atoms with Gasteiger partial charge in [0.05, 0.1) is 5.69 Å². The second-order valence-corrected chi connectivity index (χ2v) is 1.90. The van der Waals surface area contributed by atoms with Gasteiger partial charge < -0.3 is 5.73 Å². The van der Waals surface area contributed by atoms with Gasteiger partial charge in [0.25, 0.3) is 0 Å². The van der Waals surface area contributed by atoms with Crippen molar-refractivity contribution in [1.82, 2.24) is 0 Å². The van der Waals surface area contributed by atoms with Crippen LogP contribution in [0.3, 0.4) is 0 Å². The lowest BCUT2D eigenvalue weighted by Crippen LogP contribution is -1.87. The molecular weight excluding hydrogens is 147 g/mol. The zero-order valence-electron chi connectivity index (χ0n) is 5.53. The fourth-order valence-electron chi connectivity index (χ4n) is 0.630. The lowest BCUT2D eigenvalue weighted by Gasteiger charge is -1.95. The van der Waals surface area contributed by atoms with E-state index in [1.807, 2.05) is 0 Å². The van der Waals surface area contributed by atoms with Crippen molar-refractivity contribution in [2.45, 2.75) is 0 Å². The molecule has 0 aliphatic rings. The van der Waals surface area contributed by atoms with Gasteiger partial charge in [0.15, 0.2) is 0 Å². The molecular formula is C6H5FN4. The van der Waals surface area contributed by atoms with E-state index in [4.69, 9.17) is 11.3 Å². The van der Waals surface area contributed by atoms with Crippen molar-refractivity contribution in [3.8, 4) is 0 Å². The van der Waals surface area contributed by atoms with Gasteiger partial charge in [-0.2, -0.15) is 0 Å². The first kappa shape index (κ1) is 7.37. The molecule has 11 heavy (non-hydrogen) atoms. The van der Waals surface area contributed by atoms with Crippen LogP contribution in [0, 0.1) is 5.82 Å². The first-order chi connectivity index (χ1) is 5.24. The quantitative estimate of drug-likeness (QED) is 0.285. The van der Waals surface area contributed by atoms with Gasteiger partial charge in [-0.3, -0.25) is 0 Å². The third-order valence-corrected chi connectivity index (χ3v) is 1.14. The summed E-state index contributed by atoms with van der Waals surface area (Å²) in [5.74, 6) is -0.574. The van der Waals surface area contributed by atoms with E-state index in [-0.39, 0.29) is 11.4 Å². The standard InChI is InChI=1S/C6H5FN4/c7-5-3-4(10-11-9)1-2-6(5)8/h1-3H,8H2. The van der Waals surface area contributed by atoms with E-state index < -0.39 is 5.82 Å². The van der Waals surface area contributed by atoms with Crippen LogP contribution < -0.4 is 5.73 Å². The molecule has 0 atom stereocenters. The Balaban J connectivity index is 3.14. The molecule has 0 fully saturated rings. The predicted octanol–water partition coefficient (Wildman–Crippen LogP) is 2.35. The highest BCUT2D eigenvalue weighted by Crippen LogP contribution is 2.18. The highest BCUT2D eigenvalue weighted by atomic mass is 19.1. The molecule has 0 aliphatic heterocycles. The third kappa shape index (κ3) is 1.59. The molecule has 1 aromatic rings. The highest BCUT2D eigenvalue weighted by molar-refractivity contribution is 5.48. The first-order valence-electron chi connectivity index (χ1n) is 2.84. The molecule has 56 valence electrons. The molecule has 0 spiro atoms. The Kier molecular flexibility index (Phi) is 1.94. The SMILES string of the molecule is [N-]=[N+]=Nc1ccc(N)c(F)c1. The number of hydrogen-bond acceptors (Lipinski definition) is 2. The van der Waals surface area contributed by atoms with Crippen molar-refractivity contribution in [2.75, 3.05) is 5.73 Å². The topological polar surface area (TPSA) is 74.8 Å². The highest BCUT2D eigenvalue weighted by Gasteiger charge is 1.96. The summed E-state index contributed by atoms with van der Waals surface area (Å²) in [6.45, 7) is 0. The average molecular weight is 152 g/mol. The van der Waals surface area contributed by atoms with Crippen LogP contribution in [-0.4, -0.2) is 0 Å². The minimum Gasteiger partial charge on any atom is -0.396 e. The van der Waals surface area contributed by atoms with E-state index in [9.17, 15) is 4.39 Å². The molecule has 0 amide bonds. The minimum atomic E-state index is -0.574. The van der Waals surface area contributed by atoms with E-state index in [0.717, 1.165) is 6.07 Å². The summed E-state index contributed by atoms with van der Waals surface area (Å²) < 4.78 is 12.6. The van der Waals surface area contributed by atoms with E-state index >= 15 is 0 Å². The first-order valence-corrected chi connectivity index (χ1v) is 2.84. The number of halogens is 1. The Hall–Kier alpha value is -1.74. The maximum absolute atomic E-state index is 12.6. The number of anilines is 1. The Morgan fingerprint density at radius 1 is 1.55 bits per heavy atom. The van der Waals surface area contributed by atoms with Crippen molar-refractivity contribution in [3.05, 3.63) is 34.5 Å². The van der Waals surface area contributed by atoms with Crippen LogP contribution in [0.1, 0.15) is 0 Å². The van der Waals surface area contributed by atoms with Gasteiger partial charge >= 0.3 is 0 Å². The van der Waals surface area contributed by atoms with Gasteiger partial charge in [0.1, 0.15) is 5.82 Å². The van der Waals surface area contributed by atoms with Crippen LogP contribution in [0.2, 0.25) is 0 Å². The molecule has 0 heterocycles. The molecule has 0 bridgehead atoms. The fraction of sp³-hybridized carbons (Fsp3) is 0. The van der Waals surface area contributed by atoms with E-state index in [2.05, 4.69) is 10.0 Å². The second-order valence-electron chi connectivity index (χ2n) is 1.90. The molecule has 0 radical (unpaired) electrons. The molecule has 0 aliphatic carbocycles. The Morgan fingerprint density at radius 2 is 2.27 bits per heavy atom. The summed E-state index contributed by atoms with van der Waals surface area (Å²) in [7, 11) is 0. The molecule has 0 aromatic heterocycles. The summed E-state index contributed by atoms with van der Waals surface area (Å²) in [4.78, 5) is 2.49. The molecule has 0 saturated heterocycles. The van der Waals surface area contributed by atoms with Gasteiger partial charge in [-0.05, 0) is 17.7 Å². The average Bonchev–Trinajstić information content (AvgIpc) is 1.98. The van der Waals surface area contributed by atoms with Crippen molar-refractivity contribution >= 4 is 11.4 Å². The van der Waals surface area contributed by atoms with Crippen molar-refractivity contribution in [2.24, 2.45) is 5.11 Å². The van der Waals surface area contributed by atoms with Gasteiger partial charge in [-0.15, -0.1) is 0 Å². The van der Waals surface area contributed by atoms with Crippen molar-refractivity contribution < 1.29 is 4.39 Å². The monoisotopic (exact) mass is 152 g/mol. The van der Waals surface area contributed by atoms with Crippen molar-refractivity contribution in [1.29, 1.82) is 0 Å². The molecule has 0 unspecified atom stereocenters. The molecule has 2 N–H and O–H groups in total. The summed E-state index contributed by atoms with van der Waals surface area (Å²) >= 11 is 0. The number of benzene rings is 1. The van der Waals surface area contributed by atoms with Crippen LogP contribution >= 0.6 is 0 Å². The Bertz CT molecular complexity index is 316. The molecule has 4 nitrogen and oxygen atoms in total. The van der Waals surface area contributed by atoms with Gasteiger partial charge in [-0.25, -0.2) is 4.39 Å². The zero-order chi connectivity index (χ0) is 8.27. The Morgan fingerprint density at radius 3 is 2.82 bits per heavy atom. The summed E-state index contributed by atoms with van der Waals surface area (Å²) in [5, 5.41) is 3.19. The number of azide groups is 1. The van der Waals surface area contributed by atoms with E-state index in [1.165, 1.54) is 12.1 Å². The number of nitrogen functional groups attached to an aromatic ring is 1. The predicted molar refractivity (Wildman–Crippen MR) is 39.6 cm³/mol. The lowest BCUT2D eigenvalue weighted by molar-refractivity contribution is 0.633. The van der Waals surface area contributed by atoms with Crippen molar-refractivity contribution in [3.63, 3.8) is 0 Å². The number of nitrogens with two attached hydrogens (primary N) is 1. The number of rotatable bonds is 1. The maximum Gasteiger partial charge on any atom is 0.146 e. The van der Waals surface area contributed by atoms with Crippen LogP contribution in [0.15, 0.2) is 23.3 Å². The van der Waals surface area contributed by atoms with Crippen LogP contribution in [-0.2, 0) is 0 Å². The second kappa shape index (κ2) is 2.90. The minimum absolute atomic E-state index is 0.0434. The van der Waals surface area contributed by atoms with Crippen LogP contribution in [0.5, 0.6) is 0 Å². The zero-order valence-corrected chi connectivity index (χ0v) is 5.53. The largest absolute Gasteiger partial charge is 0.396 e. The third-order valence-electron chi connectivity index (χ3n) is 1.14. The summed E-state index contributed by atoms with van der Waals surface area (Å²) in [6, 6.07) is 3.87. The van der Waals surface area contributed by atoms with E-state index in [0.29, 0.717) is 0 Å². The fourth-order valence-corrected chi connectivity index (χ4v) is 0.630. The summed E-state index contributed by atoms with van der Waals surface area (Å²) in [6.07, 6.45) is 0. The van der Waals surface area contributed by atoms with Crippen LogP contribution in [0.4, 0.5) is 15.8 Å².